The second-order valence-electron chi connectivity index (χ2n) is 5.12. The Balaban J connectivity index is 2.25. The van der Waals surface area contributed by atoms with Gasteiger partial charge in [0.15, 0.2) is 12.0 Å². The van der Waals surface area contributed by atoms with Crippen molar-refractivity contribution in [3.63, 3.8) is 0 Å². The third-order valence-corrected chi connectivity index (χ3v) is 5.64. The zero-order chi connectivity index (χ0) is 14.0. The van der Waals surface area contributed by atoms with Gasteiger partial charge in [0, 0.05) is 13.1 Å². The Bertz CT molecular complexity index is 549. The topological polar surface area (TPSA) is 67.6 Å². The van der Waals surface area contributed by atoms with Crippen molar-refractivity contribution >= 4 is 16.3 Å². The van der Waals surface area contributed by atoms with Gasteiger partial charge in [0.25, 0.3) is 10.0 Å². The summed E-state index contributed by atoms with van der Waals surface area (Å²) in [5.41, 5.74) is 0. The number of carbonyl (C=O) groups excluding carboxylic acids is 1. The minimum atomic E-state index is -3.65. The third-order valence-electron chi connectivity index (χ3n) is 3.88. The Morgan fingerprint density at radius 3 is 2.58 bits per heavy atom. The van der Waals surface area contributed by atoms with Crippen molar-refractivity contribution in [1.82, 2.24) is 4.31 Å². The van der Waals surface area contributed by atoms with E-state index in [1.165, 1.54) is 16.4 Å². The first-order valence-corrected chi connectivity index (χ1v) is 7.94. The average molecular weight is 285 g/mol. The molecule has 2 unspecified atom stereocenters. The minimum Gasteiger partial charge on any atom is -0.440 e. The van der Waals surface area contributed by atoms with Crippen LogP contribution in [0.5, 0.6) is 0 Å². The van der Waals surface area contributed by atoms with Crippen LogP contribution in [0.25, 0.3) is 0 Å². The fourth-order valence-corrected chi connectivity index (χ4v) is 4.09. The van der Waals surface area contributed by atoms with Crippen LogP contribution in [0.1, 0.15) is 43.2 Å². The zero-order valence-electron chi connectivity index (χ0n) is 11.2. The lowest BCUT2D eigenvalue weighted by Crippen LogP contribution is -2.42. The lowest BCUT2D eigenvalue weighted by atomic mass is 9.86. The number of sulfonamides is 1. The number of carbonyl (C=O) groups is 1. The summed E-state index contributed by atoms with van der Waals surface area (Å²) < 4.78 is 31.3. The standard InChI is InChI=1S/C13H19NO4S/c1-10-5-3-4-6-12(10)14(2)19(16,17)13-8-7-11(9-15)18-13/h7-10,12H,3-6H2,1-2H3. The van der Waals surface area contributed by atoms with Gasteiger partial charge >= 0.3 is 0 Å². The molecular weight excluding hydrogens is 266 g/mol. The molecule has 2 atom stereocenters. The van der Waals surface area contributed by atoms with Crippen LogP contribution >= 0.6 is 0 Å². The van der Waals surface area contributed by atoms with Crippen LogP contribution in [0, 0.1) is 5.92 Å². The first-order chi connectivity index (χ1) is 8.96. The van der Waals surface area contributed by atoms with Gasteiger partial charge in [0.05, 0.1) is 0 Å². The SMILES string of the molecule is CC1CCCCC1N(C)S(=O)(=O)c1ccc(C=O)o1. The second kappa shape index (κ2) is 5.46. The zero-order valence-corrected chi connectivity index (χ0v) is 12.0. The molecule has 1 aromatic heterocycles. The first-order valence-electron chi connectivity index (χ1n) is 6.50. The molecule has 6 heteroatoms. The molecule has 0 aliphatic heterocycles. The first kappa shape index (κ1) is 14.3. The van der Waals surface area contributed by atoms with Crippen molar-refractivity contribution in [3.05, 3.63) is 17.9 Å². The highest BCUT2D eigenvalue weighted by Crippen LogP contribution is 2.30. The van der Waals surface area contributed by atoms with Gasteiger partial charge < -0.3 is 4.42 Å². The molecule has 0 amide bonds. The summed E-state index contributed by atoms with van der Waals surface area (Å²) in [5, 5.41) is -0.158. The molecule has 106 valence electrons. The monoisotopic (exact) mass is 285 g/mol. The molecular formula is C13H19NO4S. The molecule has 2 rings (SSSR count). The Hall–Kier alpha value is -1.14. The Kier molecular flexibility index (Phi) is 4.10. The van der Waals surface area contributed by atoms with Gasteiger partial charge in [-0.1, -0.05) is 19.8 Å². The minimum absolute atomic E-state index is 0.00327. The fraction of sp³-hybridized carbons (Fsp3) is 0.615. The molecule has 0 bridgehead atoms. The summed E-state index contributed by atoms with van der Waals surface area (Å²) in [4.78, 5) is 10.6. The maximum Gasteiger partial charge on any atom is 0.276 e. The molecule has 0 saturated heterocycles. The lowest BCUT2D eigenvalue weighted by molar-refractivity contribution is 0.109. The lowest BCUT2D eigenvalue weighted by Gasteiger charge is -2.34. The molecule has 0 N–H and O–H groups in total. The summed E-state index contributed by atoms with van der Waals surface area (Å²) in [6, 6.07) is 2.71. The second-order valence-corrected chi connectivity index (χ2v) is 7.05. The van der Waals surface area contributed by atoms with E-state index >= 15 is 0 Å². The van der Waals surface area contributed by atoms with Crippen LogP contribution in [0.15, 0.2) is 21.6 Å². The molecule has 1 aliphatic rings. The number of nitrogens with zero attached hydrogens (tertiary/aromatic N) is 1. The number of furan rings is 1. The van der Waals surface area contributed by atoms with E-state index in [4.69, 9.17) is 4.42 Å². The van der Waals surface area contributed by atoms with Crippen molar-refractivity contribution in [1.29, 1.82) is 0 Å². The predicted molar refractivity (Wildman–Crippen MR) is 70.5 cm³/mol. The van der Waals surface area contributed by atoms with Gasteiger partial charge in [-0.2, -0.15) is 4.31 Å². The van der Waals surface area contributed by atoms with Gasteiger partial charge in [0.2, 0.25) is 5.09 Å². The van der Waals surface area contributed by atoms with E-state index in [2.05, 4.69) is 6.92 Å². The smallest absolute Gasteiger partial charge is 0.276 e. The van der Waals surface area contributed by atoms with Gasteiger partial charge in [-0.05, 0) is 30.9 Å². The molecule has 19 heavy (non-hydrogen) atoms. The molecule has 1 saturated carbocycles. The van der Waals surface area contributed by atoms with Crippen LogP contribution in [-0.2, 0) is 10.0 Å². The molecule has 1 aliphatic carbocycles. The number of hydrogen-bond acceptors (Lipinski definition) is 4. The van der Waals surface area contributed by atoms with Gasteiger partial charge in [-0.15, -0.1) is 0 Å². The predicted octanol–water partition coefficient (Wildman–Crippen LogP) is 2.29. The maximum atomic E-state index is 12.4. The Morgan fingerprint density at radius 1 is 1.32 bits per heavy atom. The molecule has 0 radical (unpaired) electrons. The largest absolute Gasteiger partial charge is 0.440 e. The van der Waals surface area contributed by atoms with Gasteiger partial charge in [-0.25, -0.2) is 8.42 Å². The number of hydrogen-bond donors (Lipinski definition) is 0. The van der Waals surface area contributed by atoms with Crippen LogP contribution in [0.2, 0.25) is 0 Å². The van der Waals surface area contributed by atoms with Crippen LogP contribution < -0.4 is 0 Å². The highest BCUT2D eigenvalue weighted by Gasteiger charge is 2.34. The average Bonchev–Trinajstić information content (AvgIpc) is 2.88. The number of rotatable bonds is 4. The van der Waals surface area contributed by atoms with Crippen molar-refractivity contribution < 1.29 is 17.6 Å². The molecule has 5 nitrogen and oxygen atoms in total. The summed E-state index contributed by atoms with van der Waals surface area (Å²) in [5.74, 6) is 0.373. The number of aldehydes is 1. The summed E-state index contributed by atoms with van der Waals surface area (Å²) in [6.45, 7) is 2.08. The fourth-order valence-electron chi connectivity index (χ4n) is 2.69. The van der Waals surface area contributed by atoms with Gasteiger partial charge in [0.1, 0.15) is 0 Å². The molecule has 1 aromatic rings. The highest BCUT2D eigenvalue weighted by atomic mass is 32.2. The van der Waals surface area contributed by atoms with E-state index in [-0.39, 0.29) is 16.9 Å². The normalized spacial score (nSPS) is 24.6. The summed E-state index contributed by atoms with van der Waals surface area (Å²) in [6.07, 6.45) is 4.62. The van der Waals surface area contributed by atoms with Crippen molar-refractivity contribution in [3.8, 4) is 0 Å². The maximum absolute atomic E-state index is 12.4. The van der Waals surface area contributed by atoms with Crippen LogP contribution in [0.4, 0.5) is 0 Å². The van der Waals surface area contributed by atoms with E-state index in [1.54, 1.807) is 7.05 Å². The molecule has 1 fully saturated rings. The van der Waals surface area contributed by atoms with Crippen molar-refractivity contribution in [2.24, 2.45) is 5.92 Å². The van der Waals surface area contributed by atoms with Gasteiger partial charge in [-0.3, -0.25) is 4.79 Å². The summed E-state index contributed by atoms with van der Waals surface area (Å²) >= 11 is 0. The highest BCUT2D eigenvalue weighted by molar-refractivity contribution is 7.89. The van der Waals surface area contributed by atoms with Crippen molar-refractivity contribution in [2.45, 2.75) is 43.7 Å². The summed E-state index contributed by atoms with van der Waals surface area (Å²) in [7, 11) is -2.06. The van der Waals surface area contributed by atoms with Crippen LogP contribution in [0.3, 0.4) is 0 Å². The van der Waals surface area contributed by atoms with E-state index < -0.39 is 10.0 Å². The van der Waals surface area contributed by atoms with E-state index in [1.807, 2.05) is 0 Å². The molecule has 0 spiro atoms. The van der Waals surface area contributed by atoms with E-state index in [9.17, 15) is 13.2 Å². The van der Waals surface area contributed by atoms with E-state index in [0.717, 1.165) is 25.7 Å². The van der Waals surface area contributed by atoms with Crippen molar-refractivity contribution in [2.75, 3.05) is 7.05 Å². The van der Waals surface area contributed by atoms with Crippen LogP contribution in [-0.4, -0.2) is 32.1 Å². The quantitative estimate of drug-likeness (QED) is 0.796. The van der Waals surface area contributed by atoms with E-state index in [0.29, 0.717) is 12.2 Å². The Morgan fingerprint density at radius 2 is 2.00 bits per heavy atom. The third kappa shape index (κ3) is 2.74. The Labute approximate surface area is 113 Å². The molecule has 0 aromatic carbocycles. The molecule has 1 heterocycles.